The molecule has 0 saturated carbocycles. The summed E-state index contributed by atoms with van der Waals surface area (Å²) >= 11 is 0. The molecule has 1 aliphatic heterocycles. The standard InChI is InChI=1S/C8H15BO2/c1-6-8(4)7(2,3)10-9(5)11-8/h6H,1H2,2-5H3. The maximum Gasteiger partial charge on any atom is 0.454 e. The average molecular weight is 154 g/mol. The topological polar surface area (TPSA) is 18.5 Å². The predicted molar refractivity (Wildman–Crippen MR) is 46.5 cm³/mol. The van der Waals surface area contributed by atoms with Crippen molar-refractivity contribution in [2.45, 2.75) is 38.8 Å². The van der Waals surface area contributed by atoms with Gasteiger partial charge in [0.25, 0.3) is 0 Å². The summed E-state index contributed by atoms with van der Waals surface area (Å²) < 4.78 is 11.1. The van der Waals surface area contributed by atoms with Crippen LogP contribution in [0.1, 0.15) is 20.8 Å². The average Bonchev–Trinajstić information content (AvgIpc) is 2.03. The van der Waals surface area contributed by atoms with Gasteiger partial charge in [-0.2, -0.15) is 0 Å². The smallest absolute Gasteiger partial charge is 0.403 e. The minimum Gasteiger partial charge on any atom is -0.403 e. The molecule has 0 N–H and O–H groups in total. The van der Waals surface area contributed by atoms with Crippen LogP contribution in [0, 0.1) is 0 Å². The predicted octanol–water partition coefficient (Wildman–Crippen LogP) is 1.87. The van der Waals surface area contributed by atoms with Crippen molar-refractivity contribution in [3.63, 3.8) is 0 Å². The van der Waals surface area contributed by atoms with Gasteiger partial charge >= 0.3 is 7.12 Å². The van der Waals surface area contributed by atoms with Crippen molar-refractivity contribution in [3.05, 3.63) is 12.7 Å². The summed E-state index contributed by atoms with van der Waals surface area (Å²) in [4.78, 5) is 0. The molecule has 2 nitrogen and oxygen atoms in total. The van der Waals surface area contributed by atoms with Crippen LogP contribution in [-0.2, 0) is 9.31 Å². The van der Waals surface area contributed by atoms with Crippen molar-refractivity contribution in [3.8, 4) is 0 Å². The molecule has 1 rings (SSSR count). The van der Waals surface area contributed by atoms with E-state index in [4.69, 9.17) is 9.31 Å². The second kappa shape index (κ2) is 2.36. The zero-order chi connectivity index (χ0) is 8.70. The number of rotatable bonds is 1. The first-order valence-corrected chi connectivity index (χ1v) is 3.90. The van der Waals surface area contributed by atoms with Crippen LogP contribution >= 0.6 is 0 Å². The highest BCUT2D eigenvalue weighted by atomic mass is 16.7. The molecule has 0 aromatic rings. The van der Waals surface area contributed by atoms with Gasteiger partial charge in [0.1, 0.15) is 0 Å². The third-order valence-electron chi connectivity index (χ3n) is 2.46. The third-order valence-corrected chi connectivity index (χ3v) is 2.46. The quantitative estimate of drug-likeness (QED) is 0.424. The van der Waals surface area contributed by atoms with E-state index < -0.39 is 0 Å². The van der Waals surface area contributed by atoms with Crippen LogP contribution in [0.5, 0.6) is 0 Å². The van der Waals surface area contributed by atoms with Crippen molar-refractivity contribution in [2.75, 3.05) is 0 Å². The lowest BCUT2D eigenvalue weighted by molar-refractivity contribution is 0.0288. The Labute approximate surface area is 68.7 Å². The van der Waals surface area contributed by atoms with Gasteiger partial charge in [0.15, 0.2) is 0 Å². The van der Waals surface area contributed by atoms with Crippen molar-refractivity contribution >= 4 is 7.12 Å². The molecule has 0 radical (unpaired) electrons. The second-order valence-corrected chi connectivity index (χ2v) is 3.62. The minimum atomic E-state index is -0.355. The normalized spacial score (nSPS) is 35.8. The maximum atomic E-state index is 5.57. The first kappa shape index (κ1) is 8.82. The third kappa shape index (κ3) is 1.23. The molecular formula is C8H15BO2. The Balaban J connectivity index is 2.89. The van der Waals surface area contributed by atoms with Gasteiger partial charge in [-0.05, 0) is 27.6 Å². The van der Waals surface area contributed by atoms with E-state index in [1.807, 2.05) is 27.6 Å². The van der Waals surface area contributed by atoms with Gasteiger partial charge in [-0.15, -0.1) is 6.58 Å². The van der Waals surface area contributed by atoms with Gasteiger partial charge in [0.2, 0.25) is 0 Å². The zero-order valence-corrected chi connectivity index (χ0v) is 7.68. The van der Waals surface area contributed by atoms with Gasteiger partial charge < -0.3 is 9.31 Å². The lowest BCUT2D eigenvalue weighted by Gasteiger charge is -2.33. The van der Waals surface area contributed by atoms with E-state index in [0.717, 1.165) is 0 Å². The largest absolute Gasteiger partial charge is 0.454 e. The Morgan fingerprint density at radius 1 is 1.27 bits per heavy atom. The molecule has 0 bridgehead atoms. The van der Waals surface area contributed by atoms with E-state index in [0.29, 0.717) is 0 Å². The second-order valence-electron chi connectivity index (χ2n) is 3.62. The molecule has 1 saturated heterocycles. The summed E-state index contributed by atoms with van der Waals surface area (Å²) in [6.07, 6.45) is 1.80. The molecule has 1 fully saturated rings. The molecule has 1 atom stereocenters. The fraction of sp³-hybridized carbons (Fsp3) is 0.750. The van der Waals surface area contributed by atoms with Crippen molar-refractivity contribution in [1.29, 1.82) is 0 Å². The van der Waals surface area contributed by atoms with Gasteiger partial charge in [0.05, 0.1) is 11.2 Å². The Hall–Kier alpha value is -0.275. The monoisotopic (exact) mass is 154 g/mol. The molecular weight excluding hydrogens is 139 g/mol. The van der Waals surface area contributed by atoms with Gasteiger partial charge in [-0.3, -0.25) is 0 Å². The van der Waals surface area contributed by atoms with Gasteiger partial charge in [0, 0.05) is 0 Å². The van der Waals surface area contributed by atoms with Gasteiger partial charge in [-0.1, -0.05) is 6.08 Å². The van der Waals surface area contributed by atoms with Crippen molar-refractivity contribution < 1.29 is 9.31 Å². The SMILES string of the molecule is C=CC1(C)OB(C)OC1(C)C. The van der Waals surface area contributed by atoms with Crippen LogP contribution in [0.3, 0.4) is 0 Å². The lowest BCUT2D eigenvalue weighted by atomic mass is 9.88. The molecule has 1 unspecified atom stereocenters. The summed E-state index contributed by atoms with van der Waals surface area (Å²) in [5.74, 6) is 0. The van der Waals surface area contributed by atoms with Crippen LogP contribution < -0.4 is 0 Å². The molecule has 0 aliphatic carbocycles. The first-order valence-electron chi connectivity index (χ1n) is 3.90. The summed E-state index contributed by atoms with van der Waals surface area (Å²) in [7, 11) is -0.131. The maximum absolute atomic E-state index is 5.57. The van der Waals surface area contributed by atoms with E-state index >= 15 is 0 Å². The summed E-state index contributed by atoms with van der Waals surface area (Å²) in [6, 6.07) is 0. The van der Waals surface area contributed by atoms with E-state index in [1.54, 1.807) is 6.08 Å². The van der Waals surface area contributed by atoms with Crippen LogP contribution in [-0.4, -0.2) is 18.3 Å². The molecule has 1 aliphatic rings. The van der Waals surface area contributed by atoms with Crippen molar-refractivity contribution in [2.24, 2.45) is 0 Å². The molecule has 0 aromatic heterocycles. The van der Waals surface area contributed by atoms with E-state index in [2.05, 4.69) is 6.58 Å². The number of hydrogen-bond donors (Lipinski definition) is 0. The van der Waals surface area contributed by atoms with E-state index in [9.17, 15) is 0 Å². The van der Waals surface area contributed by atoms with Crippen LogP contribution in [0.15, 0.2) is 12.7 Å². The summed E-state index contributed by atoms with van der Waals surface area (Å²) in [6.45, 7) is 11.7. The Bertz CT molecular complexity index is 179. The Kier molecular flexibility index (Phi) is 1.89. The molecule has 3 heteroatoms. The fourth-order valence-electron chi connectivity index (χ4n) is 1.34. The van der Waals surface area contributed by atoms with E-state index in [-0.39, 0.29) is 18.3 Å². The Morgan fingerprint density at radius 2 is 1.82 bits per heavy atom. The minimum absolute atomic E-state index is 0.131. The highest BCUT2D eigenvalue weighted by Gasteiger charge is 2.50. The molecule has 0 amide bonds. The molecule has 0 aromatic carbocycles. The van der Waals surface area contributed by atoms with E-state index in [1.165, 1.54) is 0 Å². The molecule has 11 heavy (non-hydrogen) atoms. The lowest BCUT2D eigenvalue weighted by Crippen LogP contribution is -2.42. The van der Waals surface area contributed by atoms with Crippen LogP contribution in [0.4, 0.5) is 0 Å². The molecule has 0 spiro atoms. The highest BCUT2D eigenvalue weighted by Crippen LogP contribution is 2.37. The summed E-state index contributed by atoms with van der Waals surface area (Å²) in [5.41, 5.74) is -0.624. The number of hydrogen-bond acceptors (Lipinski definition) is 2. The van der Waals surface area contributed by atoms with Crippen LogP contribution in [0.25, 0.3) is 0 Å². The zero-order valence-electron chi connectivity index (χ0n) is 7.68. The summed E-state index contributed by atoms with van der Waals surface area (Å²) in [5, 5.41) is 0. The van der Waals surface area contributed by atoms with Gasteiger partial charge in [-0.25, -0.2) is 0 Å². The van der Waals surface area contributed by atoms with Crippen LogP contribution in [0.2, 0.25) is 6.82 Å². The molecule has 1 heterocycles. The van der Waals surface area contributed by atoms with Crippen molar-refractivity contribution in [1.82, 2.24) is 0 Å². The molecule has 62 valence electrons. The Morgan fingerprint density at radius 3 is 2.00 bits per heavy atom. The highest BCUT2D eigenvalue weighted by molar-refractivity contribution is 6.43. The first-order chi connectivity index (χ1) is 4.91. The fourth-order valence-corrected chi connectivity index (χ4v) is 1.34.